The van der Waals surface area contributed by atoms with Gasteiger partial charge in [0.2, 0.25) is 5.91 Å². The van der Waals surface area contributed by atoms with Crippen LogP contribution in [0.5, 0.6) is 0 Å². The molecule has 0 saturated carbocycles. The van der Waals surface area contributed by atoms with Gasteiger partial charge in [-0.2, -0.15) is 0 Å². The molecule has 0 fully saturated rings. The standard InChI is InChI=1S/C23H18N2O5/c1-2-21(26)25-13-18(15-6-3-4-7-19(15)25)22(27)24-14-9-10-16(17(12-14)23(28)29)20-8-5-11-30-20/h3-13H,2H2,1H3,(H,24,27)(H,28,29). The monoisotopic (exact) mass is 402 g/mol. The minimum absolute atomic E-state index is 0.00587. The maximum absolute atomic E-state index is 12.9. The highest BCUT2D eigenvalue weighted by Crippen LogP contribution is 2.28. The Balaban J connectivity index is 1.70. The molecule has 1 amide bonds. The number of benzene rings is 2. The third kappa shape index (κ3) is 3.37. The van der Waals surface area contributed by atoms with Crippen LogP contribution in [0, 0.1) is 0 Å². The van der Waals surface area contributed by atoms with E-state index in [1.54, 1.807) is 55.5 Å². The highest BCUT2D eigenvalue weighted by Gasteiger charge is 2.19. The number of hydrogen-bond donors (Lipinski definition) is 2. The van der Waals surface area contributed by atoms with Gasteiger partial charge in [-0.25, -0.2) is 4.79 Å². The summed E-state index contributed by atoms with van der Waals surface area (Å²) >= 11 is 0. The Bertz CT molecular complexity index is 1270. The van der Waals surface area contributed by atoms with Crippen molar-refractivity contribution in [2.45, 2.75) is 13.3 Å². The molecule has 0 aliphatic rings. The van der Waals surface area contributed by atoms with Gasteiger partial charge < -0.3 is 14.8 Å². The van der Waals surface area contributed by atoms with E-state index < -0.39 is 11.9 Å². The molecule has 7 nitrogen and oxygen atoms in total. The fourth-order valence-electron chi connectivity index (χ4n) is 3.38. The van der Waals surface area contributed by atoms with E-state index in [1.165, 1.54) is 23.1 Å². The van der Waals surface area contributed by atoms with Crippen LogP contribution in [0.4, 0.5) is 5.69 Å². The summed E-state index contributed by atoms with van der Waals surface area (Å²) in [6, 6.07) is 15.1. The summed E-state index contributed by atoms with van der Waals surface area (Å²) < 4.78 is 6.76. The van der Waals surface area contributed by atoms with Crippen molar-refractivity contribution in [3.05, 3.63) is 78.2 Å². The molecule has 0 atom stereocenters. The zero-order valence-electron chi connectivity index (χ0n) is 16.1. The molecule has 150 valence electrons. The highest BCUT2D eigenvalue weighted by molar-refractivity contribution is 6.14. The van der Waals surface area contributed by atoms with Crippen molar-refractivity contribution in [3.8, 4) is 11.3 Å². The zero-order valence-corrected chi connectivity index (χ0v) is 16.1. The van der Waals surface area contributed by atoms with Crippen molar-refractivity contribution in [1.82, 2.24) is 4.57 Å². The van der Waals surface area contributed by atoms with E-state index in [4.69, 9.17) is 4.42 Å². The van der Waals surface area contributed by atoms with Crippen molar-refractivity contribution in [2.75, 3.05) is 5.32 Å². The van der Waals surface area contributed by atoms with Gasteiger partial charge in [-0.05, 0) is 36.4 Å². The van der Waals surface area contributed by atoms with E-state index in [2.05, 4.69) is 5.32 Å². The second-order valence-corrected chi connectivity index (χ2v) is 6.67. The molecule has 0 spiro atoms. The third-order valence-corrected chi connectivity index (χ3v) is 4.82. The average Bonchev–Trinajstić information content (AvgIpc) is 3.41. The van der Waals surface area contributed by atoms with Gasteiger partial charge in [0, 0.05) is 29.3 Å². The molecular formula is C23H18N2O5. The number of aromatic nitrogens is 1. The van der Waals surface area contributed by atoms with Crippen LogP contribution in [0.3, 0.4) is 0 Å². The Hall–Kier alpha value is -4.13. The summed E-state index contributed by atoms with van der Waals surface area (Å²) in [6.07, 6.45) is 3.28. The van der Waals surface area contributed by atoms with Crippen LogP contribution in [0.1, 0.15) is 38.9 Å². The topological polar surface area (TPSA) is 102 Å². The van der Waals surface area contributed by atoms with Gasteiger partial charge >= 0.3 is 5.97 Å². The summed E-state index contributed by atoms with van der Waals surface area (Å²) in [4.78, 5) is 36.9. The normalized spacial score (nSPS) is 10.8. The summed E-state index contributed by atoms with van der Waals surface area (Å²) in [5.74, 6) is -1.27. The summed E-state index contributed by atoms with van der Waals surface area (Å²) in [6.45, 7) is 1.75. The molecule has 2 heterocycles. The number of carbonyl (C=O) groups excluding carboxylic acids is 2. The molecule has 0 radical (unpaired) electrons. The second-order valence-electron chi connectivity index (χ2n) is 6.67. The molecule has 0 aliphatic carbocycles. The minimum Gasteiger partial charge on any atom is -0.478 e. The number of aromatic carboxylic acids is 1. The van der Waals surface area contributed by atoms with E-state index in [-0.39, 0.29) is 11.5 Å². The van der Waals surface area contributed by atoms with Gasteiger partial charge in [0.1, 0.15) is 5.76 Å². The lowest BCUT2D eigenvalue weighted by Gasteiger charge is -2.09. The number of carbonyl (C=O) groups is 3. The number of carboxylic acids is 1. The first-order valence-electron chi connectivity index (χ1n) is 9.35. The van der Waals surface area contributed by atoms with Gasteiger partial charge in [0.25, 0.3) is 5.91 Å². The largest absolute Gasteiger partial charge is 0.478 e. The summed E-state index contributed by atoms with van der Waals surface area (Å²) in [7, 11) is 0. The molecule has 30 heavy (non-hydrogen) atoms. The number of amides is 1. The van der Waals surface area contributed by atoms with Crippen LogP contribution in [0.15, 0.2) is 71.5 Å². The number of fused-ring (bicyclic) bond motifs is 1. The molecule has 2 aromatic carbocycles. The number of para-hydroxylation sites is 1. The van der Waals surface area contributed by atoms with E-state index in [9.17, 15) is 19.5 Å². The van der Waals surface area contributed by atoms with Crippen molar-refractivity contribution in [2.24, 2.45) is 0 Å². The number of furan rings is 1. The fourth-order valence-corrected chi connectivity index (χ4v) is 3.38. The van der Waals surface area contributed by atoms with Crippen molar-refractivity contribution < 1.29 is 23.9 Å². The maximum atomic E-state index is 12.9. The molecule has 2 N–H and O–H groups in total. The number of nitrogens with one attached hydrogen (secondary N) is 1. The number of carboxylic acid groups (broad SMARTS) is 1. The maximum Gasteiger partial charge on any atom is 0.336 e. The van der Waals surface area contributed by atoms with Gasteiger partial charge in [-0.3, -0.25) is 14.2 Å². The Morgan fingerprint density at radius 3 is 2.53 bits per heavy atom. The van der Waals surface area contributed by atoms with Crippen molar-refractivity contribution in [1.29, 1.82) is 0 Å². The average molecular weight is 402 g/mol. The van der Waals surface area contributed by atoms with Crippen LogP contribution in [-0.4, -0.2) is 27.5 Å². The van der Waals surface area contributed by atoms with Crippen LogP contribution in [-0.2, 0) is 0 Å². The molecule has 7 heteroatoms. The predicted molar refractivity (Wildman–Crippen MR) is 112 cm³/mol. The first-order valence-corrected chi connectivity index (χ1v) is 9.35. The van der Waals surface area contributed by atoms with Gasteiger partial charge in [-0.1, -0.05) is 25.1 Å². The van der Waals surface area contributed by atoms with Crippen LogP contribution in [0.2, 0.25) is 0 Å². The first-order chi connectivity index (χ1) is 14.5. The number of rotatable bonds is 5. The molecule has 4 aromatic rings. The molecule has 0 aliphatic heterocycles. The molecular weight excluding hydrogens is 384 g/mol. The SMILES string of the molecule is CCC(=O)n1cc(C(=O)Nc2ccc(-c3ccco3)c(C(=O)O)c2)c2ccccc21. The molecule has 0 saturated heterocycles. The Morgan fingerprint density at radius 1 is 1.03 bits per heavy atom. The van der Waals surface area contributed by atoms with Gasteiger partial charge in [-0.15, -0.1) is 0 Å². The first kappa shape index (κ1) is 19.2. The summed E-state index contributed by atoms with van der Waals surface area (Å²) in [5.41, 5.74) is 1.72. The van der Waals surface area contributed by atoms with Crippen molar-refractivity contribution in [3.63, 3.8) is 0 Å². The van der Waals surface area contributed by atoms with Crippen molar-refractivity contribution >= 4 is 34.4 Å². The lowest BCUT2D eigenvalue weighted by molar-refractivity contribution is 0.0696. The number of anilines is 1. The van der Waals surface area contributed by atoms with Crippen LogP contribution >= 0.6 is 0 Å². The Kier molecular flexibility index (Phi) is 4.93. The molecule has 0 bridgehead atoms. The third-order valence-electron chi connectivity index (χ3n) is 4.82. The highest BCUT2D eigenvalue weighted by atomic mass is 16.4. The smallest absolute Gasteiger partial charge is 0.336 e. The van der Waals surface area contributed by atoms with E-state index in [0.717, 1.165) is 0 Å². The van der Waals surface area contributed by atoms with Crippen LogP contribution < -0.4 is 5.32 Å². The quantitative estimate of drug-likeness (QED) is 0.494. The molecule has 0 unspecified atom stereocenters. The lowest BCUT2D eigenvalue weighted by atomic mass is 10.0. The van der Waals surface area contributed by atoms with Gasteiger partial charge in [0.15, 0.2) is 0 Å². The molecule has 4 rings (SSSR count). The number of hydrogen-bond acceptors (Lipinski definition) is 4. The Morgan fingerprint density at radius 2 is 1.83 bits per heavy atom. The van der Waals surface area contributed by atoms with Crippen LogP contribution in [0.25, 0.3) is 22.2 Å². The zero-order chi connectivity index (χ0) is 21.3. The molecule has 2 aromatic heterocycles. The van der Waals surface area contributed by atoms with E-state index in [1.807, 2.05) is 0 Å². The van der Waals surface area contributed by atoms with Gasteiger partial charge in [0.05, 0.1) is 22.9 Å². The van der Waals surface area contributed by atoms with E-state index in [0.29, 0.717) is 39.9 Å². The number of nitrogens with zero attached hydrogens (tertiary/aromatic N) is 1. The van der Waals surface area contributed by atoms with E-state index >= 15 is 0 Å². The lowest BCUT2D eigenvalue weighted by Crippen LogP contribution is -2.13. The predicted octanol–water partition coefficient (Wildman–Crippen LogP) is 4.90. The second kappa shape index (κ2) is 7.71. The fraction of sp³-hybridized carbons (Fsp3) is 0.0870. The Labute approximate surface area is 171 Å². The minimum atomic E-state index is -1.14. The summed E-state index contributed by atoms with van der Waals surface area (Å²) in [5, 5.41) is 12.9.